The van der Waals surface area contributed by atoms with E-state index in [0.717, 1.165) is 5.56 Å². The molecule has 1 amide bonds. The molecular formula is C21H18ClNO6. The van der Waals surface area contributed by atoms with Gasteiger partial charge in [0.05, 0.1) is 18.7 Å². The first-order chi connectivity index (χ1) is 13.9. The minimum Gasteiger partial charge on any atom is -0.467 e. The van der Waals surface area contributed by atoms with E-state index < -0.39 is 17.5 Å². The Morgan fingerprint density at radius 1 is 1.31 bits per heavy atom. The fourth-order valence-electron chi connectivity index (χ4n) is 3.41. The number of carbonyl (C=O) groups excluding carboxylic acids is 2. The molecule has 8 heteroatoms. The van der Waals surface area contributed by atoms with Crippen molar-refractivity contribution in [1.82, 2.24) is 4.90 Å². The van der Waals surface area contributed by atoms with Crippen LogP contribution in [0.5, 0.6) is 0 Å². The van der Waals surface area contributed by atoms with E-state index in [1.54, 1.807) is 36.1 Å². The Hall–Kier alpha value is -3.06. The van der Waals surface area contributed by atoms with Crippen molar-refractivity contribution >= 4 is 34.4 Å². The van der Waals surface area contributed by atoms with E-state index >= 15 is 0 Å². The smallest absolute Gasteiger partial charge is 0.336 e. The van der Waals surface area contributed by atoms with Crippen LogP contribution >= 0.6 is 11.6 Å². The highest BCUT2D eigenvalue weighted by molar-refractivity contribution is 6.32. The zero-order chi connectivity index (χ0) is 20.5. The number of hydrogen-bond donors (Lipinski definition) is 0. The summed E-state index contributed by atoms with van der Waals surface area (Å²) in [5.41, 5.74) is 1.12. The maximum atomic E-state index is 12.5. The Bertz CT molecular complexity index is 1130. The standard InChI is InChI=1S/C21H18ClNO6/c1-12-5-18-16(8-17(12)22)14(7-20(25)29-18)11-28-21(26)13-6-19(24)23(9-13)10-15-3-2-4-27-15/h2-5,7-8,13H,6,9-11H2,1H3/t13-/m0/s1. The van der Waals surface area contributed by atoms with Gasteiger partial charge in [-0.3, -0.25) is 9.59 Å². The molecule has 0 radical (unpaired) electrons. The van der Waals surface area contributed by atoms with Gasteiger partial charge in [0.25, 0.3) is 0 Å². The molecule has 1 saturated heterocycles. The molecule has 2 aromatic heterocycles. The number of carbonyl (C=O) groups is 2. The number of esters is 1. The highest BCUT2D eigenvalue weighted by Gasteiger charge is 2.35. The average molecular weight is 416 g/mol. The summed E-state index contributed by atoms with van der Waals surface area (Å²) >= 11 is 6.18. The lowest BCUT2D eigenvalue weighted by Crippen LogP contribution is -2.26. The molecule has 4 rings (SSSR count). The maximum absolute atomic E-state index is 12.5. The molecule has 0 N–H and O–H groups in total. The summed E-state index contributed by atoms with van der Waals surface area (Å²) in [5.74, 6) is -0.520. The van der Waals surface area contributed by atoms with E-state index in [0.29, 0.717) is 33.9 Å². The van der Waals surface area contributed by atoms with Gasteiger partial charge in [0, 0.05) is 35.0 Å². The molecule has 150 valence electrons. The van der Waals surface area contributed by atoms with Crippen LogP contribution < -0.4 is 5.63 Å². The van der Waals surface area contributed by atoms with E-state index in [-0.39, 0.29) is 25.5 Å². The van der Waals surface area contributed by atoms with Crippen LogP contribution in [0.15, 0.2) is 50.2 Å². The summed E-state index contributed by atoms with van der Waals surface area (Å²) in [7, 11) is 0. The minimum atomic E-state index is -0.560. The van der Waals surface area contributed by atoms with Crippen LogP contribution in [-0.2, 0) is 27.5 Å². The first-order valence-corrected chi connectivity index (χ1v) is 9.48. The number of amides is 1. The van der Waals surface area contributed by atoms with Gasteiger partial charge in [0.2, 0.25) is 5.91 Å². The topological polar surface area (TPSA) is 90.0 Å². The quantitative estimate of drug-likeness (QED) is 0.468. The Balaban J connectivity index is 1.45. The highest BCUT2D eigenvalue weighted by atomic mass is 35.5. The summed E-state index contributed by atoms with van der Waals surface area (Å²) in [4.78, 5) is 38.1. The second-order valence-electron chi connectivity index (χ2n) is 7.05. The number of furan rings is 1. The van der Waals surface area contributed by atoms with Gasteiger partial charge in [0.1, 0.15) is 18.0 Å². The van der Waals surface area contributed by atoms with Crippen molar-refractivity contribution in [2.24, 2.45) is 5.92 Å². The van der Waals surface area contributed by atoms with Gasteiger partial charge in [-0.2, -0.15) is 0 Å². The van der Waals surface area contributed by atoms with Crippen molar-refractivity contribution in [3.63, 3.8) is 0 Å². The van der Waals surface area contributed by atoms with Crippen molar-refractivity contribution in [3.05, 3.63) is 68.9 Å². The monoisotopic (exact) mass is 415 g/mol. The van der Waals surface area contributed by atoms with Gasteiger partial charge >= 0.3 is 11.6 Å². The molecule has 1 atom stereocenters. The molecule has 1 aliphatic heterocycles. The zero-order valence-corrected chi connectivity index (χ0v) is 16.4. The van der Waals surface area contributed by atoms with Crippen molar-refractivity contribution in [3.8, 4) is 0 Å². The molecule has 0 bridgehead atoms. The number of aryl methyl sites for hydroxylation is 1. The number of rotatable bonds is 5. The number of benzene rings is 1. The maximum Gasteiger partial charge on any atom is 0.336 e. The Morgan fingerprint density at radius 3 is 2.90 bits per heavy atom. The first-order valence-electron chi connectivity index (χ1n) is 9.10. The third-order valence-corrected chi connectivity index (χ3v) is 5.36. The average Bonchev–Trinajstić information content (AvgIpc) is 3.31. The predicted molar refractivity (Wildman–Crippen MR) is 104 cm³/mol. The summed E-state index contributed by atoms with van der Waals surface area (Å²) in [6.07, 6.45) is 1.62. The molecule has 3 aromatic rings. The fourth-order valence-corrected chi connectivity index (χ4v) is 3.57. The first kappa shape index (κ1) is 19.3. The number of ether oxygens (including phenoxy) is 1. The van der Waals surface area contributed by atoms with Crippen LogP contribution in [0, 0.1) is 12.8 Å². The molecule has 0 saturated carbocycles. The van der Waals surface area contributed by atoms with Crippen LogP contribution in [-0.4, -0.2) is 23.3 Å². The van der Waals surface area contributed by atoms with E-state index in [1.807, 2.05) is 0 Å². The molecule has 7 nitrogen and oxygen atoms in total. The number of likely N-dealkylation sites (tertiary alicyclic amines) is 1. The molecule has 1 aromatic carbocycles. The van der Waals surface area contributed by atoms with E-state index in [2.05, 4.69) is 0 Å². The van der Waals surface area contributed by atoms with E-state index in [1.165, 1.54) is 12.3 Å². The highest BCUT2D eigenvalue weighted by Crippen LogP contribution is 2.26. The molecule has 3 heterocycles. The van der Waals surface area contributed by atoms with Crippen molar-refractivity contribution in [2.75, 3.05) is 6.54 Å². The van der Waals surface area contributed by atoms with Gasteiger partial charge < -0.3 is 18.5 Å². The second-order valence-corrected chi connectivity index (χ2v) is 7.46. The zero-order valence-electron chi connectivity index (χ0n) is 15.6. The third kappa shape index (κ3) is 4.05. The van der Waals surface area contributed by atoms with Crippen LogP contribution in [0.3, 0.4) is 0 Å². The van der Waals surface area contributed by atoms with Crippen molar-refractivity contribution in [1.29, 1.82) is 0 Å². The van der Waals surface area contributed by atoms with E-state index in [9.17, 15) is 14.4 Å². The van der Waals surface area contributed by atoms with Crippen LogP contribution in [0.25, 0.3) is 11.0 Å². The van der Waals surface area contributed by atoms with Gasteiger partial charge in [-0.1, -0.05) is 11.6 Å². The van der Waals surface area contributed by atoms with Crippen LogP contribution in [0.2, 0.25) is 5.02 Å². The van der Waals surface area contributed by atoms with Gasteiger partial charge in [-0.25, -0.2) is 4.79 Å². The SMILES string of the molecule is Cc1cc2oc(=O)cc(COC(=O)[C@H]3CC(=O)N(Cc4ccco4)C3)c2cc1Cl. The lowest BCUT2D eigenvalue weighted by Gasteiger charge is -2.15. The summed E-state index contributed by atoms with van der Waals surface area (Å²) in [6.45, 7) is 2.28. The Morgan fingerprint density at radius 2 is 2.14 bits per heavy atom. The summed E-state index contributed by atoms with van der Waals surface area (Å²) in [6, 6.07) is 8.16. The van der Waals surface area contributed by atoms with Crippen LogP contribution in [0.4, 0.5) is 0 Å². The number of fused-ring (bicyclic) bond motifs is 1. The largest absolute Gasteiger partial charge is 0.467 e. The molecule has 0 unspecified atom stereocenters. The number of hydrogen-bond acceptors (Lipinski definition) is 6. The Labute approximate surface area is 170 Å². The number of nitrogens with zero attached hydrogens (tertiary/aromatic N) is 1. The molecule has 1 fully saturated rings. The summed E-state index contributed by atoms with van der Waals surface area (Å²) < 4.78 is 15.9. The molecule has 0 aliphatic carbocycles. The predicted octanol–water partition coefficient (Wildman–Crippen LogP) is 3.44. The second kappa shape index (κ2) is 7.75. The van der Waals surface area contributed by atoms with Crippen molar-refractivity contribution < 1.29 is 23.2 Å². The molecule has 29 heavy (non-hydrogen) atoms. The molecular weight excluding hydrogens is 398 g/mol. The fraction of sp³-hybridized carbons (Fsp3) is 0.286. The van der Waals surface area contributed by atoms with Crippen molar-refractivity contribution in [2.45, 2.75) is 26.5 Å². The lowest BCUT2D eigenvalue weighted by molar-refractivity contribution is -0.149. The van der Waals surface area contributed by atoms with Gasteiger partial charge in [0.15, 0.2) is 0 Å². The third-order valence-electron chi connectivity index (χ3n) is 4.95. The summed E-state index contributed by atoms with van der Waals surface area (Å²) in [5, 5.41) is 1.13. The minimum absolute atomic E-state index is 0.0856. The van der Waals surface area contributed by atoms with E-state index in [4.69, 9.17) is 25.2 Å². The van der Waals surface area contributed by atoms with Gasteiger partial charge in [-0.15, -0.1) is 0 Å². The molecule has 1 aliphatic rings. The Kier molecular flexibility index (Phi) is 5.15. The van der Waals surface area contributed by atoms with Gasteiger partial charge in [-0.05, 0) is 36.8 Å². The van der Waals surface area contributed by atoms with Crippen LogP contribution in [0.1, 0.15) is 23.3 Å². The lowest BCUT2D eigenvalue weighted by atomic mass is 10.1. The number of halogens is 1. The molecule has 0 spiro atoms. The normalized spacial score (nSPS) is 16.6.